The normalized spacial score (nSPS) is 10.0. The molecule has 88 valence electrons. The maximum Gasteiger partial charge on any atom is 0.213 e. The minimum Gasteiger partial charge on any atom is -0.481 e. The average molecular weight is 229 g/mol. The van der Waals surface area contributed by atoms with Gasteiger partial charge in [0.1, 0.15) is 0 Å². The standard InChI is InChI=1S/C13H15N3O/c1-10-12(6-4-8-14-10)15-9-11-5-3-7-13(16-11)17-2/h3-8,15H,9H2,1-2H3. The minimum absolute atomic E-state index is 0.632. The molecular formula is C13H15N3O. The number of hydrogen-bond donors (Lipinski definition) is 1. The van der Waals surface area contributed by atoms with Crippen molar-refractivity contribution in [2.24, 2.45) is 0 Å². The van der Waals surface area contributed by atoms with Crippen molar-refractivity contribution in [1.29, 1.82) is 0 Å². The van der Waals surface area contributed by atoms with Crippen LogP contribution in [0.1, 0.15) is 11.4 Å². The van der Waals surface area contributed by atoms with Gasteiger partial charge in [-0.25, -0.2) is 4.98 Å². The number of anilines is 1. The van der Waals surface area contributed by atoms with E-state index in [1.165, 1.54) is 0 Å². The van der Waals surface area contributed by atoms with Gasteiger partial charge in [-0.05, 0) is 25.1 Å². The quantitative estimate of drug-likeness (QED) is 0.874. The summed E-state index contributed by atoms with van der Waals surface area (Å²) >= 11 is 0. The van der Waals surface area contributed by atoms with Gasteiger partial charge in [0.25, 0.3) is 0 Å². The third kappa shape index (κ3) is 2.93. The summed E-state index contributed by atoms with van der Waals surface area (Å²) in [7, 11) is 1.62. The summed E-state index contributed by atoms with van der Waals surface area (Å²) in [6, 6.07) is 9.63. The summed E-state index contributed by atoms with van der Waals surface area (Å²) < 4.78 is 5.08. The number of rotatable bonds is 4. The zero-order chi connectivity index (χ0) is 12.1. The Bertz CT molecular complexity index is 500. The van der Waals surface area contributed by atoms with E-state index >= 15 is 0 Å². The molecule has 0 saturated carbocycles. The number of nitrogens with one attached hydrogen (secondary N) is 1. The summed E-state index contributed by atoms with van der Waals surface area (Å²) in [5.41, 5.74) is 2.94. The molecule has 0 spiro atoms. The molecule has 0 aliphatic rings. The van der Waals surface area contributed by atoms with Crippen LogP contribution in [0.2, 0.25) is 0 Å². The molecule has 1 N–H and O–H groups in total. The van der Waals surface area contributed by atoms with Crippen LogP contribution in [0.3, 0.4) is 0 Å². The van der Waals surface area contributed by atoms with E-state index < -0.39 is 0 Å². The third-order valence-corrected chi connectivity index (χ3v) is 2.46. The van der Waals surface area contributed by atoms with Crippen molar-refractivity contribution >= 4 is 5.69 Å². The molecule has 2 aromatic heterocycles. The van der Waals surface area contributed by atoms with Crippen LogP contribution in [-0.4, -0.2) is 17.1 Å². The first-order chi connectivity index (χ1) is 8.29. The van der Waals surface area contributed by atoms with Crippen molar-refractivity contribution < 1.29 is 4.74 Å². The van der Waals surface area contributed by atoms with Crippen LogP contribution in [0.4, 0.5) is 5.69 Å². The molecule has 0 aliphatic carbocycles. The highest BCUT2D eigenvalue weighted by Crippen LogP contribution is 2.12. The number of aryl methyl sites for hydroxylation is 1. The molecule has 0 saturated heterocycles. The van der Waals surface area contributed by atoms with Gasteiger partial charge in [0.05, 0.1) is 30.7 Å². The zero-order valence-electron chi connectivity index (χ0n) is 9.97. The second kappa shape index (κ2) is 5.30. The van der Waals surface area contributed by atoms with E-state index in [0.717, 1.165) is 17.1 Å². The van der Waals surface area contributed by atoms with Crippen LogP contribution in [0, 0.1) is 6.92 Å². The molecule has 0 fully saturated rings. The topological polar surface area (TPSA) is 47.0 Å². The fourth-order valence-electron chi connectivity index (χ4n) is 1.53. The SMILES string of the molecule is COc1cccc(CNc2cccnc2C)n1. The van der Waals surface area contributed by atoms with Gasteiger partial charge < -0.3 is 10.1 Å². The van der Waals surface area contributed by atoms with Gasteiger partial charge in [-0.3, -0.25) is 4.98 Å². The molecule has 0 atom stereocenters. The second-order valence-corrected chi connectivity index (χ2v) is 3.66. The molecule has 2 aromatic rings. The minimum atomic E-state index is 0.632. The van der Waals surface area contributed by atoms with Crippen LogP contribution in [0.5, 0.6) is 5.88 Å². The van der Waals surface area contributed by atoms with E-state index in [4.69, 9.17) is 4.74 Å². The molecule has 0 radical (unpaired) electrons. The van der Waals surface area contributed by atoms with Gasteiger partial charge in [0, 0.05) is 12.3 Å². The summed E-state index contributed by atoms with van der Waals surface area (Å²) in [5, 5.41) is 3.30. The Balaban J connectivity index is 2.05. The van der Waals surface area contributed by atoms with Crippen molar-refractivity contribution in [3.8, 4) is 5.88 Å². The summed E-state index contributed by atoms with van der Waals surface area (Å²) in [5.74, 6) is 0.632. The predicted octanol–water partition coefficient (Wildman–Crippen LogP) is 2.41. The molecule has 0 amide bonds. The van der Waals surface area contributed by atoms with Crippen molar-refractivity contribution in [1.82, 2.24) is 9.97 Å². The number of aromatic nitrogens is 2. The second-order valence-electron chi connectivity index (χ2n) is 3.66. The lowest BCUT2D eigenvalue weighted by atomic mass is 10.3. The monoisotopic (exact) mass is 229 g/mol. The number of methoxy groups -OCH3 is 1. The highest BCUT2D eigenvalue weighted by atomic mass is 16.5. The molecule has 0 aliphatic heterocycles. The van der Waals surface area contributed by atoms with Crippen LogP contribution >= 0.6 is 0 Å². The predicted molar refractivity (Wildman–Crippen MR) is 67.1 cm³/mol. The van der Waals surface area contributed by atoms with E-state index in [0.29, 0.717) is 12.4 Å². The Morgan fingerprint density at radius 1 is 1.24 bits per heavy atom. The lowest BCUT2D eigenvalue weighted by molar-refractivity contribution is 0.396. The number of ether oxygens (including phenoxy) is 1. The highest BCUT2D eigenvalue weighted by molar-refractivity contribution is 5.46. The smallest absolute Gasteiger partial charge is 0.213 e. The average Bonchev–Trinajstić information content (AvgIpc) is 2.38. The van der Waals surface area contributed by atoms with Crippen molar-refractivity contribution in [2.45, 2.75) is 13.5 Å². The first kappa shape index (κ1) is 11.4. The van der Waals surface area contributed by atoms with Gasteiger partial charge in [0.2, 0.25) is 5.88 Å². The van der Waals surface area contributed by atoms with Gasteiger partial charge in [-0.15, -0.1) is 0 Å². The van der Waals surface area contributed by atoms with E-state index in [-0.39, 0.29) is 0 Å². The Labute approximate surface area is 101 Å². The fourth-order valence-corrected chi connectivity index (χ4v) is 1.53. The third-order valence-electron chi connectivity index (χ3n) is 2.46. The zero-order valence-corrected chi connectivity index (χ0v) is 9.97. The fraction of sp³-hybridized carbons (Fsp3) is 0.231. The lowest BCUT2D eigenvalue weighted by Crippen LogP contribution is -2.04. The molecule has 4 heteroatoms. The Hall–Kier alpha value is -2.10. The highest BCUT2D eigenvalue weighted by Gasteiger charge is 2.00. The molecule has 4 nitrogen and oxygen atoms in total. The van der Waals surface area contributed by atoms with Crippen molar-refractivity contribution in [2.75, 3.05) is 12.4 Å². The van der Waals surface area contributed by atoms with Crippen LogP contribution < -0.4 is 10.1 Å². The first-order valence-electron chi connectivity index (χ1n) is 5.45. The lowest BCUT2D eigenvalue weighted by Gasteiger charge is -2.08. The Morgan fingerprint density at radius 3 is 2.88 bits per heavy atom. The van der Waals surface area contributed by atoms with E-state index in [2.05, 4.69) is 15.3 Å². The van der Waals surface area contributed by atoms with Crippen molar-refractivity contribution in [3.05, 3.63) is 47.9 Å². The molecule has 2 heterocycles. The van der Waals surface area contributed by atoms with Gasteiger partial charge >= 0.3 is 0 Å². The summed E-state index contributed by atoms with van der Waals surface area (Å²) in [4.78, 5) is 8.55. The van der Waals surface area contributed by atoms with Gasteiger partial charge in [-0.2, -0.15) is 0 Å². The van der Waals surface area contributed by atoms with Crippen LogP contribution in [-0.2, 0) is 6.54 Å². The van der Waals surface area contributed by atoms with E-state index in [9.17, 15) is 0 Å². The number of hydrogen-bond acceptors (Lipinski definition) is 4. The Morgan fingerprint density at radius 2 is 2.12 bits per heavy atom. The molecule has 0 unspecified atom stereocenters. The van der Waals surface area contributed by atoms with E-state index in [1.807, 2.05) is 37.3 Å². The number of pyridine rings is 2. The van der Waals surface area contributed by atoms with Gasteiger partial charge in [0.15, 0.2) is 0 Å². The van der Waals surface area contributed by atoms with Gasteiger partial charge in [-0.1, -0.05) is 6.07 Å². The molecular weight excluding hydrogens is 214 g/mol. The first-order valence-corrected chi connectivity index (χ1v) is 5.45. The van der Waals surface area contributed by atoms with Crippen LogP contribution in [0.25, 0.3) is 0 Å². The summed E-state index contributed by atoms with van der Waals surface area (Å²) in [6.45, 7) is 2.63. The molecule has 2 rings (SSSR count). The van der Waals surface area contributed by atoms with E-state index in [1.54, 1.807) is 13.3 Å². The Kier molecular flexibility index (Phi) is 3.55. The molecule has 0 aromatic carbocycles. The molecule has 17 heavy (non-hydrogen) atoms. The summed E-state index contributed by atoms with van der Waals surface area (Å²) in [6.07, 6.45) is 1.78. The maximum atomic E-state index is 5.08. The number of nitrogens with zero attached hydrogens (tertiary/aromatic N) is 2. The largest absolute Gasteiger partial charge is 0.481 e. The molecule has 0 bridgehead atoms. The van der Waals surface area contributed by atoms with Crippen molar-refractivity contribution in [3.63, 3.8) is 0 Å². The maximum absolute atomic E-state index is 5.08. The van der Waals surface area contributed by atoms with Crippen LogP contribution in [0.15, 0.2) is 36.5 Å².